The molecular formula is C21H25N3O2S2. The van der Waals surface area contributed by atoms with Gasteiger partial charge >= 0.3 is 0 Å². The molecule has 1 saturated carbocycles. The quantitative estimate of drug-likeness (QED) is 0.317. The van der Waals surface area contributed by atoms with Crippen molar-refractivity contribution >= 4 is 23.1 Å². The zero-order chi connectivity index (χ0) is 19.2. The van der Waals surface area contributed by atoms with Gasteiger partial charge in [0.25, 0.3) is 0 Å². The number of hydrogen-bond acceptors (Lipinski definition) is 6. The lowest BCUT2D eigenvalue weighted by molar-refractivity contribution is 0.314. The predicted octanol–water partition coefficient (Wildman–Crippen LogP) is 5.23. The van der Waals surface area contributed by atoms with E-state index < -0.39 is 0 Å². The average molecular weight is 416 g/mol. The Balaban J connectivity index is 1.28. The highest BCUT2D eigenvalue weighted by molar-refractivity contribution is 7.99. The van der Waals surface area contributed by atoms with Gasteiger partial charge < -0.3 is 14.0 Å². The van der Waals surface area contributed by atoms with Crippen molar-refractivity contribution in [3.05, 3.63) is 52.5 Å². The maximum Gasteiger partial charge on any atom is 0.191 e. The summed E-state index contributed by atoms with van der Waals surface area (Å²) < 4.78 is 13.8. The molecule has 0 amide bonds. The molecule has 148 valence electrons. The molecule has 7 heteroatoms. The molecule has 0 atom stereocenters. The molecule has 0 radical (unpaired) electrons. The Morgan fingerprint density at radius 2 is 1.82 bits per heavy atom. The van der Waals surface area contributed by atoms with Crippen LogP contribution in [0.15, 0.2) is 46.9 Å². The van der Waals surface area contributed by atoms with Crippen LogP contribution < -0.4 is 9.47 Å². The van der Waals surface area contributed by atoms with Crippen LogP contribution in [0.1, 0.15) is 42.9 Å². The zero-order valence-corrected chi connectivity index (χ0v) is 17.7. The Bertz CT molecular complexity index is 858. The fraction of sp³-hybridized carbons (Fsp3) is 0.429. The van der Waals surface area contributed by atoms with E-state index in [4.69, 9.17) is 9.47 Å². The van der Waals surface area contributed by atoms with Crippen LogP contribution in [-0.4, -0.2) is 33.7 Å². The van der Waals surface area contributed by atoms with Crippen LogP contribution in [0.4, 0.5) is 0 Å². The maximum absolute atomic E-state index is 5.86. The lowest BCUT2D eigenvalue weighted by Crippen LogP contribution is -2.05. The van der Waals surface area contributed by atoms with Crippen LogP contribution in [0, 0.1) is 0 Å². The summed E-state index contributed by atoms with van der Waals surface area (Å²) in [5, 5.41) is 12.0. The third kappa shape index (κ3) is 5.08. The SMILES string of the molecule is CCCOc1ccc(OCCSc2nnc(Cc3cccs3)n2C2CC2)cc1. The molecule has 0 spiro atoms. The van der Waals surface area contributed by atoms with Crippen molar-refractivity contribution in [3.63, 3.8) is 0 Å². The highest BCUT2D eigenvalue weighted by Crippen LogP contribution is 2.39. The van der Waals surface area contributed by atoms with E-state index in [1.54, 1.807) is 23.1 Å². The summed E-state index contributed by atoms with van der Waals surface area (Å²) in [4.78, 5) is 1.33. The van der Waals surface area contributed by atoms with E-state index in [1.165, 1.54) is 17.7 Å². The minimum atomic E-state index is 0.573. The van der Waals surface area contributed by atoms with Crippen LogP contribution in [0.5, 0.6) is 11.5 Å². The third-order valence-electron chi connectivity index (χ3n) is 4.44. The van der Waals surface area contributed by atoms with Crippen LogP contribution in [0.3, 0.4) is 0 Å². The highest BCUT2D eigenvalue weighted by atomic mass is 32.2. The van der Waals surface area contributed by atoms with Crippen LogP contribution in [-0.2, 0) is 6.42 Å². The highest BCUT2D eigenvalue weighted by Gasteiger charge is 2.29. The second kappa shape index (κ2) is 9.47. The monoisotopic (exact) mass is 415 g/mol. The van der Waals surface area contributed by atoms with Gasteiger partial charge in [0, 0.05) is 23.1 Å². The molecule has 28 heavy (non-hydrogen) atoms. The molecule has 2 heterocycles. The minimum Gasteiger partial charge on any atom is -0.494 e. The van der Waals surface area contributed by atoms with Crippen molar-refractivity contribution in [3.8, 4) is 11.5 Å². The van der Waals surface area contributed by atoms with E-state index in [0.29, 0.717) is 12.6 Å². The number of benzene rings is 1. The number of hydrogen-bond donors (Lipinski definition) is 0. The number of nitrogens with zero attached hydrogens (tertiary/aromatic N) is 3. The number of rotatable bonds is 11. The van der Waals surface area contributed by atoms with Gasteiger partial charge in [-0.2, -0.15) is 0 Å². The maximum atomic E-state index is 5.86. The van der Waals surface area contributed by atoms with Gasteiger partial charge in [-0.3, -0.25) is 0 Å². The van der Waals surface area contributed by atoms with Gasteiger partial charge in [0.2, 0.25) is 0 Å². The fourth-order valence-corrected chi connectivity index (χ4v) is 4.48. The van der Waals surface area contributed by atoms with Gasteiger partial charge in [0.15, 0.2) is 5.16 Å². The molecule has 1 aromatic carbocycles. The van der Waals surface area contributed by atoms with Gasteiger partial charge in [-0.05, 0) is 55.0 Å². The molecule has 1 aliphatic rings. The summed E-state index contributed by atoms with van der Waals surface area (Å²) in [5.41, 5.74) is 0. The fourth-order valence-electron chi connectivity index (χ4n) is 2.94. The normalized spacial score (nSPS) is 13.6. The van der Waals surface area contributed by atoms with Crippen molar-refractivity contribution in [1.29, 1.82) is 0 Å². The average Bonchev–Trinajstić information content (AvgIpc) is 3.27. The van der Waals surface area contributed by atoms with E-state index in [-0.39, 0.29) is 0 Å². The number of thioether (sulfide) groups is 1. The van der Waals surface area contributed by atoms with Gasteiger partial charge in [-0.15, -0.1) is 21.5 Å². The van der Waals surface area contributed by atoms with Gasteiger partial charge in [0.05, 0.1) is 13.2 Å². The molecule has 0 N–H and O–H groups in total. The molecule has 5 nitrogen and oxygen atoms in total. The molecular weight excluding hydrogens is 390 g/mol. The lowest BCUT2D eigenvalue weighted by atomic mass is 10.3. The molecule has 2 aromatic heterocycles. The second-order valence-electron chi connectivity index (χ2n) is 6.77. The Kier molecular flexibility index (Phi) is 6.54. The van der Waals surface area contributed by atoms with Crippen LogP contribution in [0.25, 0.3) is 0 Å². The molecule has 4 rings (SSSR count). The first kappa shape index (κ1) is 19.3. The molecule has 0 unspecified atom stereocenters. The van der Waals surface area contributed by atoms with E-state index in [9.17, 15) is 0 Å². The van der Waals surface area contributed by atoms with Gasteiger partial charge in [-0.1, -0.05) is 24.8 Å². The standard InChI is InChI=1S/C21H25N3O2S2/c1-2-11-25-17-7-9-18(10-8-17)26-12-14-28-21-23-22-20(24(21)16-5-6-16)15-19-4-3-13-27-19/h3-4,7-10,13,16H,2,5-6,11-12,14-15H2,1H3. The Morgan fingerprint density at radius 3 is 2.46 bits per heavy atom. The molecule has 1 aliphatic carbocycles. The number of thiophene rings is 1. The number of ether oxygens (including phenoxy) is 2. The lowest BCUT2D eigenvalue weighted by Gasteiger charge is -2.09. The Morgan fingerprint density at radius 1 is 1.07 bits per heavy atom. The van der Waals surface area contributed by atoms with Gasteiger partial charge in [0.1, 0.15) is 17.3 Å². The second-order valence-corrected chi connectivity index (χ2v) is 8.87. The number of aromatic nitrogens is 3. The minimum absolute atomic E-state index is 0.573. The van der Waals surface area contributed by atoms with Gasteiger partial charge in [-0.25, -0.2) is 0 Å². The van der Waals surface area contributed by atoms with Crippen molar-refractivity contribution in [2.45, 2.75) is 43.8 Å². The molecule has 1 fully saturated rings. The largest absolute Gasteiger partial charge is 0.494 e. The van der Waals surface area contributed by atoms with Crippen molar-refractivity contribution < 1.29 is 9.47 Å². The van der Waals surface area contributed by atoms with E-state index in [0.717, 1.165) is 47.7 Å². The zero-order valence-electron chi connectivity index (χ0n) is 16.0. The summed E-state index contributed by atoms with van der Waals surface area (Å²) in [5.74, 6) is 3.68. The van der Waals surface area contributed by atoms with Crippen molar-refractivity contribution in [1.82, 2.24) is 14.8 Å². The topological polar surface area (TPSA) is 49.2 Å². The smallest absolute Gasteiger partial charge is 0.191 e. The third-order valence-corrected chi connectivity index (χ3v) is 6.22. The summed E-state index contributed by atoms with van der Waals surface area (Å²) in [6, 6.07) is 12.7. The van der Waals surface area contributed by atoms with Crippen molar-refractivity contribution in [2.24, 2.45) is 0 Å². The Hall–Kier alpha value is -1.99. The van der Waals surface area contributed by atoms with E-state index in [2.05, 4.69) is 39.2 Å². The first-order valence-corrected chi connectivity index (χ1v) is 11.6. The predicted molar refractivity (Wildman–Crippen MR) is 114 cm³/mol. The summed E-state index contributed by atoms with van der Waals surface area (Å²) in [7, 11) is 0. The molecule has 0 bridgehead atoms. The van der Waals surface area contributed by atoms with Crippen LogP contribution >= 0.6 is 23.1 Å². The molecule has 0 saturated heterocycles. The van der Waals surface area contributed by atoms with Crippen LogP contribution in [0.2, 0.25) is 0 Å². The van der Waals surface area contributed by atoms with E-state index in [1.807, 2.05) is 24.3 Å². The summed E-state index contributed by atoms with van der Waals surface area (Å²) in [6.07, 6.45) is 4.33. The molecule has 3 aromatic rings. The van der Waals surface area contributed by atoms with E-state index >= 15 is 0 Å². The first-order chi connectivity index (χ1) is 13.8. The van der Waals surface area contributed by atoms with Crippen molar-refractivity contribution in [2.75, 3.05) is 19.0 Å². The Labute approximate surface area is 174 Å². The first-order valence-electron chi connectivity index (χ1n) is 9.78. The summed E-state index contributed by atoms with van der Waals surface area (Å²) >= 11 is 3.50. The molecule has 0 aliphatic heterocycles. The summed E-state index contributed by atoms with van der Waals surface area (Å²) in [6.45, 7) is 3.48.